The van der Waals surface area contributed by atoms with Gasteiger partial charge in [-0.2, -0.15) is 19.3 Å². The first-order valence-electron chi connectivity index (χ1n) is 13.2. The minimum atomic E-state index is -1.15. The maximum atomic E-state index is 14.7. The van der Waals surface area contributed by atoms with E-state index in [-0.39, 0.29) is 60.3 Å². The van der Waals surface area contributed by atoms with Gasteiger partial charge in [-0.3, -0.25) is 28.3 Å². The van der Waals surface area contributed by atoms with Gasteiger partial charge in [0.25, 0.3) is 22.9 Å². The number of nitrogens with zero attached hydrogens (tertiary/aromatic N) is 6. The van der Waals surface area contributed by atoms with Crippen LogP contribution in [0.5, 0.6) is 11.8 Å². The largest absolute Gasteiger partial charge is 0.494 e. The number of primary amides is 2. The average molecular weight is 608 g/mol. The second kappa shape index (κ2) is 12.6. The van der Waals surface area contributed by atoms with Crippen molar-refractivity contribution >= 4 is 29.4 Å². The molecule has 0 spiro atoms. The topological polar surface area (TPSA) is 225 Å². The molecule has 4 rings (SSSR count). The number of benzene rings is 1. The van der Waals surface area contributed by atoms with E-state index >= 15 is 0 Å². The Labute approximate surface area is 249 Å². The summed E-state index contributed by atoms with van der Waals surface area (Å²) in [5.74, 6) is -3.60. The Balaban J connectivity index is 1.73. The summed E-state index contributed by atoms with van der Waals surface area (Å²) in [6.07, 6.45) is -1.15. The molecule has 0 aliphatic rings. The summed E-state index contributed by atoms with van der Waals surface area (Å²) in [5.41, 5.74) is 10.9. The van der Waals surface area contributed by atoms with Crippen LogP contribution in [0.4, 0.5) is 22.0 Å². The van der Waals surface area contributed by atoms with Crippen molar-refractivity contribution in [3.63, 3.8) is 0 Å². The van der Waals surface area contributed by atoms with Crippen molar-refractivity contribution in [3.05, 3.63) is 91.0 Å². The fourth-order valence-corrected chi connectivity index (χ4v) is 4.60. The fourth-order valence-electron chi connectivity index (χ4n) is 4.60. The molecule has 0 saturated carbocycles. The molecule has 7 N–H and O–H groups in total. The summed E-state index contributed by atoms with van der Waals surface area (Å²) in [5, 5.41) is 24.2. The zero-order chi connectivity index (χ0) is 32.3. The van der Waals surface area contributed by atoms with Crippen LogP contribution in [0.3, 0.4) is 0 Å². The number of halogens is 1. The van der Waals surface area contributed by atoms with Crippen molar-refractivity contribution in [2.24, 2.45) is 11.5 Å². The van der Waals surface area contributed by atoms with Crippen molar-refractivity contribution in [1.29, 1.82) is 0 Å². The van der Waals surface area contributed by atoms with Gasteiger partial charge >= 0.3 is 6.08 Å². The molecule has 0 aliphatic heterocycles. The Morgan fingerprint density at radius 3 is 1.77 bits per heavy atom. The van der Waals surface area contributed by atoms with E-state index in [4.69, 9.17) is 11.5 Å². The molecule has 0 saturated heterocycles. The maximum absolute atomic E-state index is 14.7. The van der Waals surface area contributed by atoms with Crippen LogP contribution in [-0.2, 0) is 13.1 Å². The predicted octanol–water partition coefficient (Wildman–Crippen LogP) is 0.819. The summed E-state index contributed by atoms with van der Waals surface area (Å²) >= 11 is 0. The summed E-state index contributed by atoms with van der Waals surface area (Å²) in [6.45, 7) is 3.91. The number of carbonyl (C=O) groups is 2. The van der Waals surface area contributed by atoms with E-state index in [1.807, 2.05) is 19.1 Å². The molecule has 3 aromatic heterocycles. The highest BCUT2D eigenvalue weighted by Crippen LogP contribution is 2.21. The maximum Gasteiger partial charge on any atom is 0.315 e. The normalized spacial score (nSPS) is 10.9. The fraction of sp³-hybridized carbons (Fsp3) is 0.250. The number of aryl methyl sites for hydroxylation is 3. The molecule has 0 aliphatic carbocycles. The molecule has 4 aromatic rings. The molecular weight excluding hydrogens is 577 g/mol. The first kappa shape index (κ1) is 31.1. The van der Waals surface area contributed by atoms with E-state index in [0.29, 0.717) is 5.69 Å². The van der Waals surface area contributed by atoms with E-state index < -0.39 is 40.8 Å². The third-order valence-corrected chi connectivity index (χ3v) is 6.83. The number of anilines is 3. The molecule has 44 heavy (non-hydrogen) atoms. The molecule has 0 unspecified atom stereocenters. The van der Waals surface area contributed by atoms with Crippen LogP contribution in [-0.4, -0.2) is 59.2 Å². The van der Waals surface area contributed by atoms with Crippen LogP contribution < -0.4 is 32.8 Å². The van der Waals surface area contributed by atoms with E-state index in [1.165, 1.54) is 18.7 Å². The lowest BCUT2D eigenvalue weighted by molar-refractivity contribution is 0.0986. The highest BCUT2D eigenvalue weighted by molar-refractivity contribution is 5.97. The van der Waals surface area contributed by atoms with E-state index in [9.17, 15) is 33.8 Å². The second-order valence-electron chi connectivity index (χ2n) is 9.97. The summed E-state index contributed by atoms with van der Waals surface area (Å²) in [7, 11) is 0. The van der Waals surface area contributed by atoms with Crippen molar-refractivity contribution < 1.29 is 24.2 Å². The van der Waals surface area contributed by atoms with Crippen LogP contribution in [0.2, 0.25) is 0 Å². The summed E-state index contributed by atoms with van der Waals surface area (Å²) in [6, 6.07) is 9.38. The van der Waals surface area contributed by atoms with Crippen LogP contribution in [0.1, 0.15) is 37.4 Å². The van der Waals surface area contributed by atoms with Crippen molar-refractivity contribution in [2.75, 3.05) is 23.3 Å². The van der Waals surface area contributed by atoms with Gasteiger partial charge in [-0.05, 0) is 44.0 Å². The van der Waals surface area contributed by atoms with E-state index in [1.54, 1.807) is 12.1 Å². The number of hydrogen-bond acceptors (Lipinski definition) is 11. The Hall–Kier alpha value is -5.80. The van der Waals surface area contributed by atoms with Crippen LogP contribution in [0, 0.1) is 26.8 Å². The lowest BCUT2D eigenvalue weighted by Crippen LogP contribution is -2.37. The Morgan fingerprint density at radius 2 is 1.32 bits per heavy atom. The Kier molecular flexibility index (Phi) is 8.92. The van der Waals surface area contributed by atoms with Crippen molar-refractivity contribution in [2.45, 2.75) is 33.9 Å². The SMILES string of the molecule is Cc1ccc(Nc2nc(F)nc(N(CCn3c(O)c(C(N)=O)c(C)cc3=O)CCn3c(O)c(C(N)=O)c(C)cc3=O)n2)cc1. The molecule has 2 amide bonds. The van der Waals surface area contributed by atoms with Gasteiger partial charge in [0.15, 0.2) is 0 Å². The third-order valence-electron chi connectivity index (χ3n) is 6.83. The first-order valence-corrected chi connectivity index (χ1v) is 13.2. The van der Waals surface area contributed by atoms with Crippen LogP contribution in [0.15, 0.2) is 46.0 Å². The Bertz CT molecular complexity index is 1780. The monoisotopic (exact) mass is 607 g/mol. The van der Waals surface area contributed by atoms with E-state index in [0.717, 1.165) is 26.8 Å². The Morgan fingerprint density at radius 1 is 0.841 bits per heavy atom. The molecular formula is C28H30FN9O6. The molecule has 0 fully saturated rings. The molecule has 0 atom stereocenters. The van der Waals surface area contributed by atoms with Gasteiger partial charge in [-0.25, -0.2) is 0 Å². The standard InChI is InChI=1S/C28H30FN9O6/c1-14-4-6-17(7-5-14)32-27-33-26(29)34-28(35-27)36(8-10-37-18(39)12-15(2)20(22(30)41)24(37)43)9-11-38-19(40)13-16(3)21(23(31)42)25(38)44/h4-7,12-13,43-44H,8-11H2,1-3H3,(H2,30,41)(H2,31,42)(H,32,33,34,35). The number of nitrogens with two attached hydrogens (primary N) is 2. The van der Waals surface area contributed by atoms with Gasteiger partial charge in [0.2, 0.25) is 23.7 Å². The highest BCUT2D eigenvalue weighted by atomic mass is 19.1. The molecule has 3 heterocycles. The molecule has 15 nitrogen and oxygen atoms in total. The average Bonchev–Trinajstić information content (AvgIpc) is 2.91. The first-order chi connectivity index (χ1) is 20.8. The number of carbonyl (C=O) groups excluding carboxylic acids is 2. The predicted molar refractivity (Wildman–Crippen MR) is 158 cm³/mol. The lowest BCUT2D eigenvalue weighted by Gasteiger charge is -2.25. The lowest BCUT2D eigenvalue weighted by atomic mass is 10.1. The van der Waals surface area contributed by atoms with Crippen molar-refractivity contribution in [1.82, 2.24) is 24.1 Å². The zero-order valence-corrected chi connectivity index (χ0v) is 24.0. The minimum absolute atomic E-state index is 0.154. The number of hydrogen-bond donors (Lipinski definition) is 5. The summed E-state index contributed by atoms with van der Waals surface area (Å²) in [4.78, 5) is 62.4. The van der Waals surface area contributed by atoms with E-state index in [2.05, 4.69) is 20.3 Å². The smallest absolute Gasteiger partial charge is 0.315 e. The number of pyridine rings is 2. The number of amides is 2. The van der Waals surface area contributed by atoms with Gasteiger partial charge in [0.1, 0.15) is 11.1 Å². The third kappa shape index (κ3) is 6.64. The number of nitrogens with one attached hydrogen (secondary N) is 1. The van der Waals surface area contributed by atoms with Gasteiger partial charge in [0.05, 0.1) is 0 Å². The molecule has 0 bridgehead atoms. The van der Waals surface area contributed by atoms with Crippen LogP contribution >= 0.6 is 0 Å². The van der Waals surface area contributed by atoms with Gasteiger partial charge in [-0.1, -0.05) is 17.7 Å². The molecule has 230 valence electrons. The number of rotatable bonds is 11. The molecule has 1 aromatic carbocycles. The molecule has 0 radical (unpaired) electrons. The molecule has 16 heteroatoms. The zero-order valence-electron chi connectivity index (χ0n) is 24.0. The highest BCUT2D eigenvalue weighted by Gasteiger charge is 2.22. The second-order valence-corrected chi connectivity index (χ2v) is 9.97. The summed E-state index contributed by atoms with van der Waals surface area (Å²) < 4.78 is 16.5. The minimum Gasteiger partial charge on any atom is -0.494 e. The van der Waals surface area contributed by atoms with Gasteiger partial charge in [0, 0.05) is 44.0 Å². The number of aromatic nitrogens is 5. The quantitative estimate of drug-likeness (QED) is 0.160. The van der Waals surface area contributed by atoms with Crippen molar-refractivity contribution in [3.8, 4) is 11.8 Å². The van der Waals surface area contributed by atoms with Gasteiger partial charge < -0.3 is 31.9 Å². The number of aromatic hydroxyl groups is 2. The van der Waals surface area contributed by atoms with Gasteiger partial charge in [-0.15, -0.1) is 0 Å². The van der Waals surface area contributed by atoms with Crippen LogP contribution in [0.25, 0.3) is 0 Å².